The molecular formula is C14H17Cl2NO3S. The van der Waals surface area contributed by atoms with Gasteiger partial charge in [0, 0.05) is 16.6 Å². The molecule has 1 aliphatic rings. The summed E-state index contributed by atoms with van der Waals surface area (Å²) in [7, 11) is 1.43. The van der Waals surface area contributed by atoms with Crippen molar-refractivity contribution in [2.24, 2.45) is 11.3 Å². The first-order chi connectivity index (χ1) is 9.61. The fourth-order valence-electron chi connectivity index (χ4n) is 2.78. The third-order valence-electron chi connectivity index (χ3n) is 4.05. The number of halogens is 2. The van der Waals surface area contributed by atoms with E-state index in [1.807, 2.05) is 0 Å². The minimum absolute atomic E-state index is 0.0318. The predicted molar refractivity (Wildman–Crippen MR) is 84.2 cm³/mol. The molecule has 0 aromatic heterocycles. The lowest BCUT2D eigenvalue weighted by molar-refractivity contribution is -0.122. The van der Waals surface area contributed by atoms with Gasteiger partial charge in [-0.15, -0.1) is 0 Å². The smallest absolute Gasteiger partial charge is 0.261 e. The molecule has 0 radical (unpaired) electrons. The van der Waals surface area contributed by atoms with Crippen molar-refractivity contribution < 1.29 is 13.2 Å². The molecule has 1 aliphatic carbocycles. The lowest BCUT2D eigenvalue weighted by Gasteiger charge is -2.26. The van der Waals surface area contributed by atoms with Crippen LogP contribution in [0, 0.1) is 11.3 Å². The quantitative estimate of drug-likeness (QED) is 0.837. The van der Waals surface area contributed by atoms with Gasteiger partial charge < -0.3 is 5.32 Å². The van der Waals surface area contributed by atoms with E-state index >= 15 is 0 Å². The molecule has 21 heavy (non-hydrogen) atoms. The predicted octanol–water partition coefficient (Wildman–Crippen LogP) is 4.03. The van der Waals surface area contributed by atoms with Gasteiger partial charge in [0.1, 0.15) is 0 Å². The number of carbonyl (C=O) groups is 1. The topological polar surface area (TPSA) is 63.2 Å². The third kappa shape index (κ3) is 3.71. The van der Waals surface area contributed by atoms with Crippen LogP contribution in [-0.2, 0) is 13.8 Å². The molecule has 0 aliphatic heterocycles. The molecule has 1 amide bonds. The number of rotatable bonds is 3. The van der Waals surface area contributed by atoms with Gasteiger partial charge in [-0.25, -0.2) is 8.42 Å². The second-order valence-corrected chi connectivity index (χ2v) is 8.98. The molecule has 1 fully saturated rings. The van der Waals surface area contributed by atoms with Crippen molar-refractivity contribution in [3.8, 4) is 0 Å². The first-order valence-corrected chi connectivity index (χ1v) is 9.35. The van der Waals surface area contributed by atoms with Crippen molar-refractivity contribution in [1.29, 1.82) is 0 Å². The van der Waals surface area contributed by atoms with Gasteiger partial charge in [0.05, 0.1) is 15.6 Å². The zero-order valence-corrected chi connectivity index (χ0v) is 14.1. The van der Waals surface area contributed by atoms with Crippen molar-refractivity contribution >= 4 is 42.9 Å². The molecule has 116 valence electrons. The molecule has 1 aromatic carbocycles. The third-order valence-corrected chi connectivity index (χ3v) is 5.72. The van der Waals surface area contributed by atoms with E-state index in [4.69, 9.17) is 22.3 Å². The fraction of sp³-hybridized carbons (Fsp3) is 0.500. The molecule has 1 unspecified atom stereocenters. The van der Waals surface area contributed by atoms with Crippen LogP contribution in [0.3, 0.4) is 0 Å². The molecule has 0 spiro atoms. The lowest BCUT2D eigenvalue weighted by Crippen LogP contribution is -2.30. The zero-order chi connectivity index (χ0) is 15.8. The molecular weight excluding hydrogens is 333 g/mol. The minimum atomic E-state index is -3.83. The summed E-state index contributed by atoms with van der Waals surface area (Å²) < 4.78 is 22.5. The van der Waals surface area contributed by atoms with Crippen molar-refractivity contribution in [3.63, 3.8) is 0 Å². The molecule has 1 atom stereocenters. The van der Waals surface area contributed by atoms with Crippen LogP contribution in [0.25, 0.3) is 0 Å². The molecule has 1 saturated carbocycles. The van der Waals surface area contributed by atoms with E-state index in [-0.39, 0.29) is 27.2 Å². The Balaban J connectivity index is 2.19. The van der Waals surface area contributed by atoms with E-state index in [2.05, 4.69) is 19.2 Å². The highest BCUT2D eigenvalue weighted by atomic mass is 35.7. The summed E-state index contributed by atoms with van der Waals surface area (Å²) in [5.41, 5.74) is 0.365. The summed E-state index contributed by atoms with van der Waals surface area (Å²) in [6, 6.07) is 4.01. The summed E-state index contributed by atoms with van der Waals surface area (Å²) >= 11 is 6.02. The van der Waals surface area contributed by atoms with Crippen molar-refractivity contribution in [3.05, 3.63) is 23.2 Å². The average Bonchev–Trinajstić information content (AvgIpc) is 2.70. The van der Waals surface area contributed by atoms with Crippen LogP contribution in [0.15, 0.2) is 23.1 Å². The highest BCUT2D eigenvalue weighted by molar-refractivity contribution is 8.13. The van der Waals surface area contributed by atoms with E-state index in [1.165, 1.54) is 18.2 Å². The molecule has 0 saturated heterocycles. The van der Waals surface area contributed by atoms with E-state index in [0.717, 1.165) is 19.3 Å². The van der Waals surface area contributed by atoms with Crippen LogP contribution in [-0.4, -0.2) is 14.3 Å². The molecule has 4 nitrogen and oxygen atoms in total. The highest BCUT2D eigenvalue weighted by Gasteiger charge is 2.39. The van der Waals surface area contributed by atoms with Gasteiger partial charge in [0.25, 0.3) is 9.05 Å². The van der Waals surface area contributed by atoms with E-state index in [9.17, 15) is 13.2 Å². The lowest BCUT2D eigenvalue weighted by atomic mass is 9.81. The summed E-state index contributed by atoms with van der Waals surface area (Å²) in [5, 5.41) is 2.93. The summed E-state index contributed by atoms with van der Waals surface area (Å²) in [5.74, 6) is -0.147. The number of hydrogen-bond acceptors (Lipinski definition) is 3. The standard InChI is InChI=1S/C14H17Cl2NO3S/c1-14(2)7-3-4-10(14)13(18)17-12-6-5-9(8-11(12)15)21(16,19)20/h5-6,8,10H,3-4,7H2,1-2H3,(H,17,18). The van der Waals surface area contributed by atoms with Crippen molar-refractivity contribution in [1.82, 2.24) is 0 Å². The van der Waals surface area contributed by atoms with Crippen LogP contribution < -0.4 is 5.32 Å². The zero-order valence-electron chi connectivity index (χ0n) is 11.8. The minimum Gasteiger partial charge on any atom is -0.325 e. The van der Waals surface area contributed by atoms with Gasteiger partial charge in [-0.1, -0.05) is 31.9 Å². The Morgan fingerprint density at radius 3 is 2.52 bits per heavy atom. The van der Waals surface area contributed by atoms with Crippen LogP contribution in [0.5, 0.6) is 0 Å². The molecule has 0 heterocycles. The number of nitrogens with one attached hydrogen (secondary N) is 1. The number of carbonyl (C=O) groups excluding carboxylic acids is 1. The van der Waals surface area contributed by atoms with E-state index in [1.54, 1.807) is 0 Å². The fourth-order valence-corrected chi connectivity index (χ4v) is 3.85. The van der Waals surface area contributed by atoms with Crippen LogP contribution in [0.4, 0.5) is 5.69 Å². The van der Waals surface area contributed by atoms with Crippen molar-refractivity contribution in [2.75, 3.05) is 5.32 Å². The number of hydrogen-bond donors (Lipinski definition) is 1. The molecule has 1 aromatic rings. The summed E-state index contributed by atoms with van der Waals surface area (Å²) in [6.07, 6.45) is 2.90. The van der Waals surface area contributed by atoms with Crippen LogP contribution in [0.2, 0.25) is 5.02 Å². The van der Waals surface area contributed by atoms with Gasteiger partial charge in [-0.3, -0.25) is 4.79 Å². The second kappa shape index (κ2) is 5.78. The van der Waals surface area contributed by atoms with Crippen molar-refractivity contribution in [2.45, 2.75) is 38.0 Å². The number of amides is 1. The highest BCUT2D eigenvalue weighted by Crippen LogP contribution is 2.43. The Morgan fingerprint density at radius 2 is 2.05 bits per heavy atom. The maximum atomic E-state index is 12.4. The SMILES string of the molecule is CC1(C)CCCC1C(=O)Nc1ccc(S(=O)(=O)Cl)cc1Cl. The first kappa shape index (κ1) is 16.6. The average molecular weight is 350 g/mol. The first-order valence-electron chi connectivity index (χ1n) is 6.66. The Bertz CT molecular complexity index is 671. The van der Waals surface area contributed by atoms with Gasteiger partial charge in [-0.05, 0) is 36.5 Å². The van der Waals surface area contributed by atoms with Gasteiger partial charge in [0.15, 0.2) is 0 Å². The number of benzene rings is 1. The Morgan fingerprint density at radius 1 is 1.38 bits per heavy atom. The maximum Gasteiger partial charge on any atom is 0.261 e. The van der Waals surface area contributed by atoms with Gasteiger partial charge in [-0.2, -0.15) is 0 Å². The largest absolute Gasteiger partial charge is 0.325 e. The Hall–Kier alpha value is -0.780. The maximum absolute atomic E-state index is 12.4. The molecule has 7 heteroatoms. The second-order valence-electron chi connectivity index (χ2n) is 6.00. The molecule has 2 rings (SSSR count). The van der Waals surface area contributed by atoms with Crippen LogP contribution in [0.1, 0.15) is 33.1 Å². The number of anilines is 1. The van der Waals surface area contributed by atoms with Gasteiger partial charge in [0.2, 0.25) is 5.91 Å². The summed E-state index contributed by atoms with van der Waals surface area (Å²) in [4.78, 5) is 12.3. The Kier molecular flexibility index (Phi) is 4.57. The monoisotopic (exact) mass is 349 g/mol. The van der Waals surface area contributed by atoms with E-state index in [0.29, 0.717) is 5.69 Å². The Labute approximate surface area is 134 Å². The normalized spacial score (nSPS) is 21.2. The van der Waals surface area contributed by atoms with Crippen LogP contribution >= 0.6 is 22.3 Å². The molecule has 0 bridgehead atoms. The molecule has 1 N–H and O–H groups in total. The summed E-state index contributed by atoms with van der Waals surface area (Å²) in [6.45, 7) is 4.16. The van der Waals surface area contributed by atoms with Gasteiger partial charge >= 0.3 is 0 Å². The van der Waals surface area contributed by atoms with E-state index < -0.39 is 9.05 Å².